The van der Waals surface area contributed by atoms with Crippen molar-refractivity contribution in [3.63, 3.8) is 0 Å². The summed E-state index contributed by atoms with van der Waals surface area (Å²) in [5.74, 6) is 1.22. The first-order chi connectivity index (χ1) is 13.0. The summed E-state index contributed by atoms with van der Waals surface area (Å²) >= 11 is 0. The van der Waals surface area contributed by atoms with Crippen LogP contribution in [0.1, 0.15) is 68.0 Å². The molecular weight excluding hydrogens is 355 g/mol. The Kier molecular flexibility index (Phi) is 5.21. The van der Waals surface area contributed by atoms with E-state index >= 15 is 0 Å². The van der Waals surface area contributed by atoms with Gasteiger partial charge in [0.15, 0.2) is 0 Å². The fourth-order valence-corrected chi connectivity index (χ4v) is 4.25. The molecule has 0 radical (unpaired) electrons. The zero-order chi connectivity index (χ0) is 18.9. The van der Waals surface area contributed by atoms with Gasteiger partial charge < -0.3 is 9.84 Å². The Bertz CT molecular complexity index is 775. The number of nitrogens with one attached hydrogen (secondary N) is 1. The summed E-state index contributed by atoms with van der Waals surface area (Å²) in [6.45, 7) is 0.885. The van der Waals surface area contributed by atoms with Crippen LogP contribution in [0.15, 0.2) is 22.7 Å². The van der Waals surface area contributed by atoms with Gasteiger partial charge in [0.1, 0.15) is 0 Å². The summed E-state index contributed by atoms with van der Waals surface area (Å²) in [6.07, 6.45) is 3.50. The summed E-state index contributed by atoms with van der Waals surface area (Å²) in [4.78, 5) is 4.32. The number of hydrogen-bond donors (Lipinski definition) is 1. The van der Waals surface area contributed by atoms with Crippen molar-refractivity contribution in [1.29, 1.82) is 0 Å². The fourth-order valence-electron chi connectivity index (χ4n) is 4.25. The Morgan fingerprint density at radius 1 is 1.11 bits per heavy atom. The highest BCUT2D eigenvalue weighted by Crippen LogP contribution is 2.37. The van der Waals surface area contributed by atoms with E-state index in [1.165, 1.54) is 18.9 Å². The van der Waals surface area contributed by atoms with Crippen molar-refractivity contribution in [2.75, 3.05) is 6.54 Å². The Morgan fingerprint density at radius 2 is 1.93 bits per heavy atom. The lowest BCUT2D eigenvalue weighted by Crippen LogP contribution is -2.13. The van der Waals surface area contributed by atoms with E-state index in [0.717, 1.165) is 38.6 Å². The van der Waals surface area contributed by atoms with Crippen molar-refractivity contribution in [2.45, 2.75) is 63.6 Å². The molecule has 0 spiro atoms. The van der Waals surface area contributed by atoms with E-state index in [2.05, 4.69) is 15.5 Å². The van der Waals surface area contributed by atoms with Crippen LogP contribution in [0.4, 0.5) is 13.2 Å². The molecule has 2 aromatic rings. The highest BCUT2D eigenvalue weighted by atomic mass is 19.4. The van der Waals surface area contributed by atoms with Crippen molar-refractivity contribution in [1.82, 2.24) is 15.5 Å². The molecule has 1 N–H and O–H groups in total. The quantitative estimate of drug-likeness (QED) is 0.766. The molecule has 7 heteroatoms. The van der Waals surface area contributed by atoms with Crippen LogP contribution in [-0.2, 0) is 12.6 Å². The predicted octanol–water partition coefficient (Wildman–Crippen LogP) is 5.30. The van der Waals surface area contributed by atoms with E-state index < -0.39 is 11.7 Å². The molecule has 1 saturated heterocycles. The molecule has 1 aromatic carbocycles. The van der Waals surface area contributed by atoms with Gasteiger partial charge in [0.05, 0.1) is 11.6 Å². The van der Waals surface area contributed by atoms with Gasteiger partial charge in [0, 0.05) is 5.56 Å². The van der Waals surface area contributed by atoms with Crippen molar-refractivity contribution in [2.24, 2.45) is 5.92 Å². The molecule has 1 aromatic heterocycles. The van der Waals surface area contributed by atoms with Crippen molar-refractivity contribution >= 4 is 0 Å². The molecule has 1 atom stereocenters. The summed E-state index contributed by atoms with van der Waals surface area (Å²) in [5.41, 5.74) is 0.127. The van der Waals surface area contributed by atoms with Crippen LogP contribution in [0, 0.1) is 5.92 Å². The highest BCUT2D eigenvalue weighted by Gasteiger charge is 2.34. The number of aromatic nitrogens is 2. The lowest BCUT2D eigenvalue weighted by molar-refractivity contribution is -0.138. The van der Waals surface area contributed by atoms with Gasteiger partial charge in [-0.05, 0) is 49.8 Å². The molecule has 4 nitrogen and oxygen atoms in total. The smallest absolute Gasteiger partial charge is 0.337 e. The number of nitrogens with zero attached hydrogens (tertiary/aromatic N) is 2. The van der Waals surface area contributed by atoms with Crippen LogP contribution in [0.25, 0.3) is 11.4 Å². The molecule has 1 aliphatic carbocycles. The molecule has 27 heavy (non-hydrogen) atoms. The normalized spacial score (nSPS) is 21.2. The average Bonchev–Trinajstić information content (AvgIpc) is 3.41. The number of aryl methyl sites for hydroxylation is 1. The third kappa shape index (κ3) is 4.18. The topological polar surface area (TPSA) is 51.0 Å². The van der Waals surface area contributed by atoms with Gasteiger partial charge >= 0.3 is 6.18 Å². The lowest BCUT2D eigenvalue weighted by Gasteiger charge is -2.15. The molecule has 1 unspecified atom stereocenters. The van der Waals surface area contributed by atoms with E-state index in [0.29, 0.717) is 29.4 Å². The van der Waals surface area contributed by atoms with Gasteiger partial charge in [0.25, 0.3) is 0 Å². The molecule has 2 fully saturated rings. The van der Waals surface area contributed by atoms with Crippen LogP contribution < -0.4 is 5.32 Å². The minimum atomic E-state index is -4.39. The minimum absolute atomic E-state index is 0.000906. The second kappa shape index (κ2) is 7.62. The van der Waals surface area contributed by atoms with Gasteiger partial charge in [0.2, 0.25) is 11.7 Å². The van der Waals surface area contributed by atoms with E-state index in [1.807, 2.05) is 0 Å². The van der Waals surface area contributed by atoms with Crippen LogP contribution in [-0.4, -0.2) is 16.7 Å². The monoisotopic (exact) mass is 379 g/mol. The fraction of sp³-hybridized carbons (Fsp3) is 0.600. The Balaban J connectivity index is 1.56. The van der Waals surface area contributed by atoms with E-state index in [1.54, 1.807) is 12.1 Å². The summed E-state index contributed by atoms with van der Waals surface area (Å²) in [6, 6.07) is 4.42. The molecule has 1 saturated carbocycles. The van der Waals surface area contributed by atoms with Crippen molar-refractivity contribution in [3.05, 3.63) is 35.2 Å². The van der Waals surface area contributed by atoms with E-state index in [-0.39, 0.29) is 11.9 Å². The standard InChI is InChI=1S/C20H24F3N3O/c21-20(22,23)16-12-15(10-9-14(16)8-7-13-4-1-2-5-13)18-25-19(27-26-18)17-6-3-11-24-17/h9-10,12-13,17,24H,1-8,11H2. The van der Waals surface area contributed by atoms with Crippen LogP contribution in [0.2, 0.25) is 0 Å². The summed E-state index contributed by atoms with van der Waals surface area (Å²) < 4.78 is 46.1. The zero-order valence-electron chi connectivity index (χ0n) is 15.2. The minimum Gasteiger partial charge on any atom is -0.337 e. The molecule has 146 valence electrons. The number of halogens is 3. The molecule has 2 heterocycles. The van der Waals surface area contributed by atoms with E-state index in [9.17, 15) is 13.2 Å². The second-order valence-corrected chi connectivity index (χ2v) is 7.66. The molecule has 4 rings (SSSR count). The Hall–Kier alpha value is -1.89. The van der Waals surface area contributed by atoms with Crippen LogP contribution in [0.5, 0.6) is 0 Å². The third-order valence-corrected chi connectivity index (χ3v) is 5.77. The number of hydrogen-bond acceptors (Lipinski definition) is 4. The SMILES string of the molecule is FC(F)(F)c1cc(-c2noc(C3CCCN3)n2)ccc1CCC1CCCC1. The van der Waals surface area contributed by atoms with Crippen molar-refractivity contribution in [3.8, 4) is 11.4 Å². The second-order valence-electron chi connectivity index (χ2n) is 7.66. The average molecular weight is 379 g/mol. The third-order valence-electron chi connectivity index (χ3n) is 5.77. The number of alkyl halides is 3. The van der Waals surface area contributed by atoms with Gasteiger partial charge in [-0.25, -0.2) is 0 Å². The summed E-state index contributed by atoms with van der Waals surface area (Å²) in [5, 5.41) is 7.15. The van der Waals surface area contributed by atoms with Gasteiger partial charge in [-0.3, -0.25) is 0 Å². The number of benzene rings is 1. The first-order valence-electron chi connectivity index (χ1n) is 9.78. The maximum absolute atomic E-state index is 13.6. The van der Waals surface area contributed by atoms with Gasteiger partial charge in [-0.2, -0.15) is 18.2 Å². The van der Waals surface area contributed by atoms with Gasteiger partial charge in [-0.15, -0.1) is 0 Å². The van der Waals surface area contributed by atoms with Crippen LogP contribution in [0.3, 0.4) is 0 Å². The molecule has 1 aliphatic heterocycles. The zero-order valence-corrected chi connectivity index (χ0v) is 15.2. The summed E-state index contributed by atoms with van der Waals surface area (Å²) in [7, 11) is 0. The molecular formula is C20H24F3N3O. The van der Waals surface area contributed by atoms with Crippen molar-refractivity contribution < 1.29 is 17.7 Å². The molecule has 0 amide bonds. The largest absolute Gasteiger partial charge is 0.416 e. The first kappa shape index (κ1) is 18.5. The molecule has 0 bridgehead atoms. The first-order valence-corrected chi connectivity index (χ1v) is 9.78. The maximum atomic E-state index is 13.6. The van der Waals surface area contributed by atoms with Crippen LogP contribution >= 0.6 is 0 Å². The molecule has 2 aliphatic rings. The highest BCUT2D eigenvalue weighted by molar-refractivity contribution is 5.57. The Labute approximate surface area is 156 Å². The Morgan fingerprint density at radius 3 is 2.63 bits per heavy atom. The predicted molar refractivity (Wildman–Crippen MR) is 95.0 cm³/mol. The number of rotatable bonds is 5. The van der Waals surface area contributed by atoms with Gasteiger partial charge in [-0.1, -0.05) is 43.0 Å². The maximum Gasteiger partial charge on any atom is 0.416 e. The lowest BCUT2D eigenvalue weighted by atomic mass is 9.94. The van der Waals surface area contributed by atoms with E-state index in [4.69, 9.17) is 4.52 Å².